The van der Waals surface area contributed by atoms with Gasteiger partial charge in [-0.3, -0.25) is 4.90 Å². The first kappa shape index (κ1) is 12.2. The van der Waals surface area contributed by atoms with Crippen LogP contribution in [0, 0.1) is 5.92 Å². The number of nitrogens with zero attached hydrogens (tertiary/aromatic N) is 1. The Hall–Kier alpha value is -1.26. The molecule has 1 aromatic rings. The molecule has 4 heteroatoms. The highest BCUT2D eigenvalue weighted by atomic mass is 16.5. The minimum atomic E-state index is 0.195. The van der Waals surface area contributed by atoms with E-state index in [1.165, 1.54) is 0 Å². The summed E-state index contributed by atoms with van der Waals surface area (Å²) < 4.78 is 5.05. The zero-order valence-electron chi connectivity index (χ0n) is 10.4. The monoisotopic (exact) mass is 236 g/mol. The Bertz CT molecular complexity index is 395. The van der Waals surface area contributed by atoms with Crippen LogP contribution in [-0.4, -0.2) is 37.3 Å². The highest BCUT2D eigenvalue weighted by Crippen LogP contribution is 2.38. The maximum Gasteiger partial charge on any atom is 0.160 e. The van der Waals surface area contributed by atoms with Crippen LogP contribution in [0.5, 0.6) is 11.5 Å². The second-order valence-electron chi connectivity index (χ2n) is 4.64. The van der Waals surface area contributed by atoms with Gasteiger partial charge in [-0.25, -0.2) is 0 Å². The van der Waals surface area contributed by atoms with Crippen LogP contribution in [-0.2, 0) is 0 Å². The van der Waals surface area contributed by atoms with Crippen LogP contribution in [0.1, 0.15) is 18.0 Å². The predicted octanol–water partition coefficient (Wildman–Crippen LogP) is 1.35. The second-order valence-corrected chi connectivity index (χ2v) is 4.64. The predicted molar refractivity (Wildman–Crippen MR) is 67.2 cm³/mol. The molecule has 0 aliphatic carbocycles. The average molecular weight is 236 g/mol. The van der Waals surface area contributed by atoms with Gasteiger partial charge >= 0.3 is 0 Å². The number of nitrogens with two attached hydrogens (primary N) is 1. The molecule has 4 nitrogen and oxygen atoms in total. The van der Waals surface area contributed by atoms with Gasteiger partial charge in [0.05, 0.1) is 7.11 Å². The van der Waals surface area contributed by atoms with Crippen molar-refractivity contribution >= 4 is 0 Å². The van der Waals surface area contributed by atoms with Gasteiger partial charge in [0.15, 0.2) is 11.5 Å². The van der Waals surface area contributed by atoms with Gasteiger partial charge in [-0.1, -0.05) is 6.07 Å². The van der Waals surface area contributed by atoms with Crippen molar-refractivity contribution in [2.45, 2.75) is 12.5 Å². The zero-order chi connectivity index (χ0) is 12.4. The van der Waals surface area contributed by atoms with Gasteiger partial charge in [0.25, 0.3) is 0 Å². The van der Waals surface area contributed by atoms with E-state index < -0.39 is 0 Å². The number of phenols is 1. The van der Waals surface area contributed by atoms with E-state index in [4.69, 9.17) is 10.5 Å². The fourth-order valence-electron chi connectivity index (χ4n) is 2.69. The van der Waals surface area contributed by atoms with Crippen LogP contribution in [0.4, 0.5) is 0 Å². The van der Waals surface area contributed by atoms with Crippen LogP contribution in [0.15, 0.2) is 18.2 Å². The van der Waals surface area contributed by atoms with Crippen molar-refractivity contribution in [3.63, 3.8) is 0 Å². The largest absolute Gasteiger partial charge is 0.504 e. The van der Waals surface area contributed by atoms with Crippen LogP contribution >= 0.6 is 0 Å². The Morgan fingerprint density at radius 2 is 2.29 bits per heavy atom. The molecule has 1 aromatic carbocycles. The van der Waals surface area contributed by atoms with Crippen LogP contribution in [0.25, 0.3) is 0 Å². The van der Waals surface area contributed by atoms with E-state index in [1.807, 2.05) is 12.1 Å². The third-order valence-corrected chi connectivity index (χ3v) is 3.62. The molecule has 0 bridgehead atoms. The number of phenolic OH excluding ortho intramolecular Hbond substituents is 1. The summed E-state index contributed by atoms with van der Waals surface area (Å²) in [5.41, 5.74) is 6.91. The third kappa shape index (κ3) is 2.23. The van der Waals surface area contributed by atoms with Gasteiger partial charge in [-0.2, -0.15) is 0 Å². The highest BCUT2D eigenvalue weighted by molar-refractivity contribution is 5.43. The molecule has 3 N–H and O–H groups in total. The molecular formula is C13H20N2O2. The number of hydrogen-bond donors (Lipinski definition) is 2. The van der Waals surface area contributed by atoms with Gasteiger partial charge in [0, 0.05) is 6.04 Å². The quantitative estimate of drug-likeness (QED) is 0.831. The Balaban J connectivity index is 2.29. The maximum atomic E-state index is 9.82. The van der Waals surface area contributed by atoms with Gasteiger partial charge < -0.3 is 15.6 Å². The van der Waals surface area contributed by atoms with Crippen molar-refractivity contribution < 1.29 is 9.84 Å². The van der Waals surface area contributed by atoms with Crippen molar-refractivity contribution in [2.24, 2.45) is 11.7 Å². The van der Waals surface area contributed by atoms with Crippen molar-refractivity contribution in [3.05, 3.63) is 23.8 Å². The number of rotatable bonds is 3. The molecule has 1 aliphatic rings. The minimum absolute atomic E-state index is 0.195. The van der Waals surface area contributed by atoms with E-state index in [9.17, 15) is 5.11 Å². The maximum absolute atomic E-state index is 9.82. The van der Waals surface area contributed by atoms with Crippen molar-refractivity contribution in [1.82, 2.24) is 4.90 Å². The van der Waals surface area contributed by atoms with E-state index in [1.54, 1.807) is 13.2 Å². The summed E-state index contributed by atoms with van der Waals surface area (Å²) in [6.07, 6.45) is 1.12. The SMILES string of the molecule is COc1ccc(C2C(CN)CCN2C)cc1O. The summed E-state index contributed by atoms with van der Waals surface area (Å²) >= 11 is 0. The summed E-state index contributed by atoms with van der Waals surface area (Å²) in [5, 5.41) is 9.82. The molecule has 0 radical (unpaired) electrons. The molecule has 94 valence electrons. The van der Waals surface area contributed by atoms with Gasteiger partial charge in [0.1, 0.15) is 0 Å². The molecular weight excluding hydrogens is 216 g/mol. The number of likely N-dealkylation sites (tertiary alicyclic amines) is 1. The van der Waals surface area contributed by atoms with Gasteiger partial charge in [-0.15, -0.1) is 0 Å². The lowest BCUT2D eigenvalue weighted by molar-refractivity contribution is 0.278. The summed E-state index contributed by atoms with van der Waals surface area (Å²) in [5.74, 6) is 1.17. The number of methoxy groups -OCH3 is 1. The molecule has 1 heterocycles. The van der Waals surface area contributed by atoms with E-state index in [0.717, 1.165) is 18.5 Å². The number of hydrogen-bond acceptors (Lipinski definition) is 4. The van der Waals surface area contributed by atoms with Crippen molar-refractivity contribution in [3.8, 4) is 11.5 Å². The molecule has 0 aromatic heterocycles. The number of ether oxygens (including phenoxy) is 1. The first-order chi connectivity index (χ1) is 8.17. The summed E-state index contributed by atoms with van der Waals surface area (Å²) in [6, 6.07) is 5.91. The lowest BCUT2D eigenvalue weighted by Gasteiger charge is -2.25. The normalized spacial score (nSPS) is 25.1. The first-order valence-corrected chi connectivity index (χ1v) is 5.94. The van der Waals surface area contributed by atoms with Crippen LogP contribution in [0.3, 0.4) is 0 Å². The molecule has 2 atom stereocenters. The Kier molecular flexibility index (Phi) is 3.54. The second kappa shape index (κ2) is 4.94. The number of benzene rings is 1. The lowest BCUT2D eigenvalue weighted by Crippen LogP contribution is -2.25. The Labute approximate surface area is 102 Å². The topological polar surface area (TPSA) is 58.7 Å². The Morgan fingerprint density at radius 1 is 1.53 bits per heavy atom. The Morgan fingerprint density at radius 3 is 2.88 bits per heavy atom. The van der Waals surface area contributed by atoms with Crippen molar-refractivity contribution in [1.29, 1.82) is 0 Å². The average Bonchev–Trinajstić information content (AvgIpc) is 2.70. The standard InChI is InChI=1S/C13H20N2O2/c1-15-6-5-10(8-14)13(15)9-3-4-12(17-2)11(16)7-9/h3-4,7,10,13,16H,5-6,8,14H2,1-2H3. The molecule has 1 fully saturated rings. The van der Waals surface area contributed by atoms with Gasteiger partial charge in [-0.05, 0) is 50.2 Å². The molecule has 1 aliphatic heterocycles. The lowest BCUT2D eigenvalue weighted by atomic mass is 9.93. The number of aromatic hydroxyl groups is 1. The molecule has 1 saturated heterocycles. The van der Waals surface area contributed by atoms with Crippen molar-refractivity contribution in [2.75, 3.05) is 27.2 Å². The fraction of sp³-hybridized carbons (Fsp3) is 0.538. The zero-order valence-corrected chi connectivity index (χ0v) is 10.4. The molecule has 2 unspecified atom stereocenters. The highest BCUT2D eigenvalue weighted by Gasteiger charge is 2.32. The van der Waals surface area contributed by atoms with E-state index in [2.05, 4.69) is 11.9 Å². The molecule has 17 heavy (non-hydrogen) atoms. The molecule has 0 amide bonds. The molecule has 0 saturated carbocycles. The van der Waals surface area contributed by atoms with Gasteiger partial charge in [0.2, 0.25) is 0 Å². The molecule has 2 rings (SSSR count). The van der Waals surface area contributed by atoms with E-state index >= 15 is 0 Å². The third-order valence-electron chi connectivity index (χ3n) is 3.62. The molecule has 0 spiro atoms. The van der Waals surface area contributed by atoms with E-state index in [-0.39, 0.29) is 5.75 Å². The fourth-order valence-corrected chi connectivity index (χ4v) is 2.69. The van der Waals surface area contributed by atoms with Crippen LogP contribution in [0.2, 0.25) is 0 Å². The summed E-state index contributed by atoms with van der Waals surface area (Å²) in [4.78, 5) is 2.29. The summed E-state index contributed by atoms with van der Waals surface area (Å²) in [7, 11) is 3.65. The summed E-state index contributed by atoms with van der Waals surface area (Å²) in [6.45, 7) is 1.74. The van der Waals surface area contributed by atoms with Crippen LogP contribution < -0.4 is 10.5 Å². The minimum Gasteiger partial charge on any atom is -0.504 e. The first-order valence-electron chi connectivity index (χ1n) is 5.94. The smallest absolute Gasteiger partial charge is 0.160 e. The van der Waals surface area contributed by atoms with E-state index in [0.29, 0.717) is 24.3 Å².